The molecular weight excluding hydrogens is 184 g/mol. The van der Waals surface area contributed by atoms with Crippen LogP contribution in [0.1, 0.15) is 34.1 Å². The maximum atomic E-state index is 2.65. The standard InChI is InChI=1S/C13H26N2/c1-11(2)7-14-8-13(9-14)5-6-15(10-13)12(3)4/h11-12H,5-10H2,1-4H3. The van der Waals surface area contributed by atoms with E-state index in [-0.39, 0.29) is 0 Å². The van der Waals surface area contributed by atoms with Gasteiger partial charge in [0.25, 0.3) is 0 Å². The Morgan fingerprint density at radius 2 is 1.73 bits per heavy atom. The van der Waals surface area contributed by atoms with Gasteiger partial charge in [0.15, 0.2) is 0 Å². The molecule has 2 heteroatoms. The number of rotatable bonds is 3. The molecule has 0 bridgehead atoms. The summed E-state index contributed by atoms with van der Waals surface area (Å²) in [6.07, 6.45) is 1.43. The maximum absolute atomic E-state index is 2.65. The third kappa shape index (κ3) is 2.36. The van der Waals surface area contributed by atoms with Gasteiger partial charge in [-0.15, -0.1) is 0 Å². The van der Waals surface area contributed by atoms with Gasteiger partial charge in [-0.05, 0) is 32.7 Å². The highest BCUT2D eigenvalue weighted by Crippen LogP contribution is 2.40. The van der Waals surface area contributed by atoms with Crippen LogP contribution in [0.4, 0.5) is 0 Å². The van der Waals surface area contributed by atoms with Gasteiger partial charge < -0.3 is 9.80 Å². The summed E-state index contributed by atoms with van der Waals surface area (Å²) >= 11 is 0. The Morgan fingerprint density at radius 1 is 1.07 bits per heavy atom. The molecule has 15 heavy (non-hydrogen) atoms. The predicted molar refractivity (Wildman–Crippen MR) is 65.0 cm³/mol. The van der Waals surface area contributed by atoms with Crippen LogP contribution in [0.25, 0.3) is 0 Å². The molecule has 88 valence electrons. The van der Waals surface area contributed by atoms with E-state index in [0.717, 1.165) is 12.0 Å². The zero-order valence-corrected chi connectivity index (χ0v) is 10.8. The van der Waals surface area contributed by atoms with Gasteiger partial charge in [-0.25, -0.2) is 0 Å². The van der Waals surface area contributed by atoms with E-state index >= 15 is 0 Å². The van der Waals surface area contributed by atoms with Crippen molar-refractivity contribution in [3.63, 3.8) is 0 Å². The molecule has 0 saturated carbocycles. The first kappa shape index (κ1) is 11.4. The van der Waals surface area contributed by atoms with E-state index < -0.39 is 0 Å². The molecule has 2 nitrogen and oxygen atoms in total. The van der Waals surface area contributed by atoms with Crippen molar-refractivity contribution in [2.75, 3.05) is 32.7 Å². The summed E-state index contributed by atoms with van der Waals surface area (Å²) in [5.74, 6) is 0.824. The van der Waals surface area contributed by atoms with Crippen LogP contribution in [0.5, 0.6) is 0 Å². The van der Waals surface area contributed by atoms with Crippen LogP contribution >= 0.6 is 0 Å². The van der Waals surface area contributed by atoms with Gasteiger partial charge in [-0.1, -0.05) is 13.8 Å². The fourth-order valence-electron chi connectivity index (χ4n) is 3.22. The van der Waals surface area contributed by atoms with Crippen LogP contribution in [-0.2, 0) is 0 Å². The molecule has 2 saturated heterocycles. The Morgan fingerprint density at radius 3 is 2.20 bits per heavy atom. The molecule has 0 aliphatic carbocycles. The Balaban J connectivity index is 1.78. The summed E-state index contributed by atoms with van der Waals surface area (Å²) in [5.41, 5.74) is 0.680. The Kier molecular flexibility index (Phi) is 3.09. The topological polar surface area (TPSA) is 6.48 Å². The quantitative estimate of drug-likeness (QED) is 0.703. The fraction of sp³-hybridized carbons (Fsp3) is 1.00. The first-order chi connectivity index (χ1) is 7.01. The average molecular weight is 210 g/mol. The minimum Gasteiger partial charge on any atom is -0.302 e. The predicted octanol–water partition coefficient (Wildman–Crippen LogP) is 2.06. The largest absolute Gasteiger partial charge is 0.302 e. The molecule has 0 aromatic rings. The van der Waals surface area contributed by atoms with E-state index in [2.05, 4.69) is 37.5 Å². The molecule has 0 N–H and O–H groups in total. The third-order valence-electron chi connectivity index (χ3n) is 3.94. The molecule has 0 amide bonds. The molecule has 2 heterocycles. The van der Waals surface area contributed by atoms with E-state index in [0.29, 0.717) is 5.41 Å². The van der Waals surface area contributed by atoms with Gasteiger partial charge in [-0.2, -0.15) is 0 Å². The van der Waals surface area contributed by atoms with Crippen LogP contribution in [-0.4, -0.2) is 48.6 Å². The Labute approximate surface area is 94.6 Å². The van der Waals surface area contributed by atoms with E-state index in [1.54, 1.807) is 0 Å². The van der Waals surface area contributed by atoms with Crippen molar-refractivity contribution in [3.8, 4) is 0 Å². The number of hydrogen-bond donors (Lipinski definition) is 0. The van der Waals surface area contributed by atoms with Crippen molar-refractivity contribution in [1.29, 1.82) is 0 Å². The molecule has 1 spiro atoms. The highest BCUT2D eigenvalue weighted by Gasteiger charge is 2.47. The van der Waals surface area contributed by atoms with Gasteiger partial charge in [0.2, 0.25) is 0 Å². The number of likely N-dealkylation sites (tertiary alicyclic amines) is 2. The Hall–Kier alpha value is -0.0800. The summed E-state index contributed by atoms with van der Waals surface area (Å²) in [6.45, 7) is 16.0. The minimum absolute atomic E-state index is 0.680. The molecule has 2 rings (SSSR count). The van der Waals surface area contributed by atoms with Crippen LogP contribution in [0.3, 0.4) is 0 Å². The first-order valence-electron chi connectivity index (χ1n) is 6.47. The summed E-state index contributed by atoms with van der Waals surface area (Å²) in [5, 5.41) is 0. The zero-order chi connectivity index (χ0) is 11.1. The van der Waals surface area contributed by atoms with E-state index in [1.165, 1.54) is 39.1 Å². The molecule has 0 aromatic heterocycles. The first-order valence-corrected chi connectivity index (χ1v) is 6.47. The zero-order valence-electron chi connectivity index (χ0n) is 10.8. The van der Waals surface area contributed by atoms with Gasteiger partial charge in [-0.3, -0.25) is 0 Å². The number of nitrogens with zero attached hydrogens (tertiary/aromatic N) is 2. The smallest absolute Gasteiger partial charge is 0.00970 e. The number of hydrogen-bond acceptors (Lipinski definition) is 2. The van der Waals surface area contributed by atoms with E-state index in [4.69, 9.17) is 0 Å². The van der Waals surface area contributed by atoms with Crippen molar-refractivity contribution >= 4 is 0 Å². The van der Waals surface area contributed by atoms with Crippen LogP contribution < -0.4 is 0 Å². The van der Waals surface area contributed by atoms with Gasteiger partial charge in [0.05, 0.1) is 0 Å². The van der Waals surface area contributed by atoms with Crippen LogP contribution in [0, 0.1) is 11.3 Å². The SMILES string of the molecule is CC(C)CN1CC2(CCN(C(C)C)C2)C1. The fourth-order valence-corrected chi connectivity index (χ4v) is 3.22. The van der Waals surface area contributed by atoms with Crippen molar-refractivity contribution in [1.82, 2.24) is 9.80 Å². The molecule has 0 aromatic carbocycles. The second-order valence-electron chi connectivity index (χ2n) is 6.38. The van der Waals surface area contributed by atoms with Crippen molar-refractivity contribution < 1.29 is 0 Å². The lowest BCUT2D eigenvalue weighted by Gasteiger charge is -2.49. The molecule has 2 fully saturated rings. The van der Waals surface area contributed by atoms with Crippen molar-refractivity contribution in [3.05, 3.63) is 0 Å². The molecule has 0 atom stereocenters. The third-order valence-corrected chi connectivity index (χ3v) is 3.94. The van der Waals surface area contributed by atoms with Gasteiger partial charge >= 0.3 is 0 Å². The van der Waals surface area contributed by atoms with Gasteiger partial charge in [0.1, 0.15) is 0 Å². The second kappa shape index (κ2) is 4.06. The molecule has 0 unspecified atom stereocenters. The summed E-state index contributed by atoms with van der Waals surface area (Å²) in [4.78, 5) is 5.28. The minimum atomic E-state index is 0.680. The van der Waals surface area contributed by atoms with Crippen LogP contribution in [0.15, 0.2) is 0 Å². The molecular formula is C13H26N2. The lowest BCUT2D eigenvalue weighted by molar-refractivity contribution is -0.00127. The molecule has 2 aliphatic heterocycles. The summed E-state index contributed by atoms with van der Waals surface area (Å²) in [7, 11) is 0. The van der Waals surface area contributed by atoms with Gasteiger partial charge in [0, 0.05) is 37.6 Å². The summed E-state index contributed by atoms with van der Waals surface area (Å²) in [6, 6.07) is 0.739. The lowest BCUT2D eigenvalue weighted by Crippen LogP contribution is -2.58. The maximum Gasteiger partial charge on any atom is 0.00970 e. The highest BCUT2D eigenvalue weighted by atomic mass is 15.3. The summed E-state index contributed by atoms with van der Waals surface area (Å²) < 4.78 is 0. The Bertz CT molecular complexity index is 217. The average Bonchev–Trinajstić information content (AvgIpc) is 2.47. The molecule has 0 radical (unpaired) electrons. The van der Waals surface area contributed by atoms with Crippen molar-refractivity contribution in [2.24, 2.45) is 11.3 Å². The van der Waals surface area contributed by atoms with E-state index in [9.17, 15) is 0 Å². The highest BCUT2D eigenvalue weighted by molar-refractivity contribution is 5.01. The van der Waals surface area contributed by atoms with E-state index in [1.807, 2.05) is 0 Å². The molecule has 2 aliphatic rings. The van der Waals surface area contributed by atoms with Crippen LogP contribution in [0.2, 0.25) is 0 Å². The second-order valence-corrected chi connectivity index (χ2v) is 6.38. The lowest BCUT2D eigenvalue weighted by atomic mass is 9.78. The van der Waals surface area contributed by atoms with Crippen molar-refractivity contribution in [2.45, 2.75) is 40.2 Å². The monoisotopic (exact) mass is 210 g/mol. The normalized spacial score (nSPS) is 26.8.